The van der Waals surface area contributed by atoms with Gasteiger partial charge < -0.3 is 4.98 Å². The Bertz CT molecular complexity index is 820. The fraction of sp³-hybridized carbons (Fsp3) is 0.316. The number of para-hydroxylation sites is 2. The second-order valence-corrected chi connectivity index (χ2v) is 6.83. The average molecular weight is 344 g/mol. The second-order valence-electron chi connectivity index (χ2n) is 6.43. The number of likely N-dealkylation sites (tertiary alicyclic amines) is 1. The van der Waals surface area contributed by atoms with E-state index >= 15 is 0 Å². The van der Waals surface area contributed by atoms with E-state index in [-0.39, 0.29) is 5.82 Å². The molecule has 0 aliphatic carbocycles. The van der Waals surface area contributed by atoms with Crippen molar-refractivity contribution in [2.24, 2.45) is 0 Å². The lowest BCUT2D eigenvalue weighted by molar-refractivity contribution is 0.202. The van der Waals surface area contributed by atoms with E-state index in [0.29, 0.717) is 10.9 Å². The van der Waals surface area contributed by atoms with E-state index in [9.17, 15) is 4.39 Å². The van der Waals surface area contributed by atoms with Gasteiger partial charge >= 0.3 is 0 Å². The van der Waals surface area contributed by atoms with Gasteiger partial charge in [-0.1, -0.05) is 29.8 Å². The number of nitrogens with zero attached hydrogens (tertiary/aromatic N) is 2. The minimum Gasteiger partial charge on any atom is -0.342 e. The summed E-state index contributed by atoms with van der Waals surface area (Å²) in [4.78, 5) is 10.6. The van der Waals surface area contributed by atoms with Crippen LogP contribution in [0, 0.1) is 5.82 Å². The Morgan fingerprint density at radius 1 is 1.17 bits per heavy atom. The summed E-state index contributed by atoms with van der Waals surface area (Å²) in [7, 11) is 0. The molecule has 4 rings (SSSR count). The number of halogens is 2. The van der Waals surface area contributed by atoms with Crippen LogP contribution in [-0.2, 0) is 6.54 Å². The number of H-pyrrole nitrogens is 1. The number of rotatable bonds is 3. The quantitative estimate of drug-likeness (QED) is 0.745. The van der Waals surface area contributed by atoms with Crippen molar-refractivity contribution in [1.82, 2.24) is 14.9 Å². The van der Waals surface area contributed by atoms with E-state index in [4.69, 9.17) is 16.6 Å². The predicted octanol–water partition coefficient (Wildman–Crippen LogP) is 4.74. The first-order valence-electron chi connectivity index (χ1n) is 8.30. The van der Waals surface area contributed by atoms with E-state index in [1.165, 1.54) is 12.1 Å². The summed E-state index contributed by atoms with van der Waals surface area (Å²) in [6, 6.07) is 12.8. The van der Waals surface area contributed by atoms with E-state index < -0.39 is 0 Å². The maximum atomic E-state index is 13.1. The molecule has 0 amide bonds. The Hall–Kier alpha value is -1.91. The van der Waals surface area contributed by atoms with Crippen molar-refractivity contribution in [3.05, 3.63) is 64.7 Å². The van der Waals surface area contributed by atoms with E-state index in [1.807, 2.05) is 18.2 Å². The van der Waals surface area contributed by atoms with Gasteiger partial charge in [0.25, 0.3) is 0 Å². The van der Waals surface area contributed by atoms with Gasteiger partial charge in [0.05, 0.1) is 11.0 Å². The molecule has 0 saturated carbocycles. The van der Waals surface area contributed by atoms with E-state index in [1.54, 1.807) is 6.07 Å². The number of imidazole rings is 1. The summed E-state index contributed by atoms with van der Waals surface area (Å²) in [6.07, 6.45) is 2.14. The molecular weight excluding hydrogens is 325 g/mol. The van der Waals surface area contributed by atoms with Gasteiger partial charge in [-0.3, -0.25) is 4.90 Å². The van der Waals surface area contributed by atoms with Crippen LogP contribution in [0.15, 0.2) is 42.5 Å². The third kappa shape index (κ3) is 3.17. The molecule has 1 fully saturated rings. The molecule has 1 aromatic heterocycles. The number of benzene rings is 2. The maximum absolute atomic E-state index is 13.1. The van der Waals surface area contributed by atoms with Crippen LogP contribution in [0.4, 0.5) is 4.39 Å². The molecule has 24 heavy (non-hydrogen) atoms. The highest BCUT2D eigenvalue weighted by atomic mass is 35.5. The molecule has 0 unspecified atom stereocenters. The van der Waals surface area contributed by atoms with Gasteiger partial charge in [-0.2, -0.15) is 0 Å². The van der Waals surface area contributed by atoms with E-state index in [0.717, 1.165) is 54.9 Å². The van der Waals surface area contributed by atoms with Crippen LogP contribution in [0.25, 0.3) is 11.0 Å². The molecule has 0 atom stereocenters. The van der Waals surface area contributed by atoms with Crippen LogP contribution in [-0.4, -0.2) is 28.0 Å². The zero-order valence-electron chi connectivity index (χ0n) is 13.3. The lowest BCUT2D eigenvalue weighted by Gasteiger charge is -2.31. The standard InChI is InChI=1S/C19H19ClFN3/c20-16-11-15(21)6-5-14(16)12-24-9-7-13(8-10-24)19-22-17-3-1-2-4-18(17)23-19/h1-6,11,13H,7-10,12H2,(H,22,23). The SMILES string of the molecule is Fc1ccc(CN2CCC(c3nc4ccccc4[nH]3)CC2)c(Cl)c1. The monoisotopic (exact) mass is 343 g/mol. The van der Waals surface area contributed by atoms with Crippen LogP contribution in [0.2, 0.25) is 5.02 Å². The van der Waals surface area contributed by atoms with Crippen molar-refractivity contribution in [3.8, 4) is 0 Å². The van der Waals surface area contributed by atoms with Crippen molar-refractivity contribution in [3.63, 3.8) is 0 Å². The number of nitrogens with one attached hydrogen (secondary N) is 1. The van der Waals surface area contributed by atoms with Crippen molar-refractivity contribution >= 4 is 22.6 Å². The average Bonchev–Trinajstić information content (AvgIpc) is 3.02. The van der Waals surface area contributed by atoms with Crippen molar-refractivity contribution in [1.29, 1.82) is 0 Å². The molecule has 2 aromatic carbocycles. The molecule has 0 bridgehead atoms. The highest BCUT2D eigenvalue weighted by Gasteiger charge is 2.23. The lowest BCUT2D eigenvalue weighted by Crippen LogP contribution is -2.32. The van der Waals surface area contributed by atoms with Crippen LogP contribution in [0.1, 0.15) is 30.1 Å². The van der Waals surface area contributed by atoms with Crippen LogP contribution >= 0.6 is 11.6 Å². The fourth-order valence-corrected chi connectivity index (χ4v) is 3.65. The molecule has 1 N–H and O–H groups in total. The third-order valence-corrected chi connectivity index (χ3v) is 5.14. The number of fused-ring (bicyclic) bond motifs is 1. The van der Waals surface area contributed by atoms with Crippen LogP contribution < -0.4 is 0 Å². The number of aromatic nitrogens is 2. The summed E-state index contributed by atoms with van der Waals surface area (Å²) in [6.45, 7) is 2.76. The molecule has 0 spiro atoms. The van der Waals surface area contributed by atoms with E-state index in [2.05, 4.69) is 16.0 Å². The zero-order valence-corrected chi connectivity index (χ0v) is 14.1. The first kappa shape index (κ1) is 15.6. The summed E-state index contributed by atoms with van der Waals surface area (Å²) in [5, 5.41) is 0.509. The zero-order chi connectivity index (χ0) is 16.5. The van der Waals surface area contributed by atoms with Gasteiger partial charge in [0.1, 0.15) is 11.6 Å². The lowest BCUT2D eigenvalue weighted by atomic mass is 9.96. The highest BCUT2D eigenvalue weighted by Crippen LogP contribution is 2.29. The summed E-state index contributed by atoms with van der Waals surface area (Å²) < 4.78 is 13.1. The topological polar surface area (TPSA) is 31.9 Å². The van der Waals surface area contributed by atoms with Crippen molar-refractivity contribution < 1.29 is 4.39 Å². The minimum absolute atomic E-state index is 0.285. The Kier molecular flexibility index (Phi) is 4.25. The first-order valence-corrected chi connectivity index (χ1v) is 8.68. The van der Waals surface area contributed by atoms with Crippen LogP contribution in [0.3, 0.4) is 0 Å². The molecular formula is C19H19ClFN3. The molecule has 1 aliphatic heterocycles. The van der Waals surface area contributed by atoms with Crippen LogP contribution in [0.5, 0.6) is 0 Å². The highest BCUT2D eigenvalue weighted by molar-refractivity contribution is 6.31. The summed E-state index contributed by atoms with van der Waals surface area (Å²) in [5.41, 5.74) is 3.13. The predicted molar refractivity (Wildman–Crippen MR) is 94.8 cm³/mol. The third-order valence-electron chi connectivity index (χ3n) is 4.79. The number of hydrogen-bond donors (Lipinski definition) is 1. The second kappa shape index (κ2) is 6.54. The molecule has 0 radical (unpaired) electrons. The Balaban J connectivity index is 1.41. The molecule has 1 saturated heterocycles. The number of piperidine rings is 1. The van der Waals surface area contributed by atoms with Gasteiger partial charge in [-0.25, -0.2) is 9.37 Å². The van der Waals surface area contributed by atoms with Gasteiger partial charge in [-0.15, -0.1) is 0 Å². The largest absolute Gasteiger partial charge is 0.342 e. The van der Waals surface area contributed by atoms with Crippen molar-refractivity contribution in [2.45, 2.75) is 25.3 Å². The normalized spacial score (nSPS) is 16.8. The van der Waals surface area contributed by atoms with Gasteiger partial charge in [0, 0.05) is 17.5 Å². The Morgan fingerprint density at radius 2 is 1.96 bits per heavy atom. The van der Waals surface area contributed by atoms with Gasteiger partial charge in [-0.05, 0) is 55.8 Å². The Morgan fingerprint density at radius 3 is 2.71 bits per heavy atom. The molecule has 3 aromatic rings. The van der Waals surface area contributed by atoms with Crippen molar-refractivity contribution in [2.75, 3.05) is 13.1 Å². The molecule has 124 valence electrons. The first-order chi connectivity index (χ1) is 11.7. The minimum atomic E-state index is -0.285. The maximum Gasteiger partial charge on any atom is 0.124 e. The summed E-state index contributed by atoms with van der Waals surface area (Å²) in [5.74, 6) is 1.28. The fourth-order valence-electron chi connectivity index (χ4n) is 3.42. The molecule has 2 heterocycles. The molecule has 5 heteroatoms. The smallest absolute Gasteiger partial charge is 0.124 e. The molecule has 3 nitrogen and oxygen atoms in total. The number of aromatic amines is 1. The van der Waals surface area contributed by atoms with Gasteiger partial charge in [0.15, 0.2) is 0 Å². The number of hydrogen-bond acceptors (Lipinski definition) is 2. The Labute approximate surface area is 145 Å². The molecule has 1 aliphatic rings. The van der Waals surface area contributed by atoms with Gasteiger partial charge in [0.2, 0.25) is 0 Å². The summed E-state index contributed by atoms with van der Waals surface area (Å²) >= 11 is 6.14.